The lowest BCUT2D eigenvalue weighted by Gasteiger charge is -2.21. The lowest BCUT2D eigenvalue weighted by molar-refractivity contribution is 0.141. The van der Waals surface area contributed by atoms with Gasteiger partial charge in [-0.3, -0.25) is 0 Å². The molecule has 1 heteroatoms. The number of hydrogen-bond donors (Lipinski definition) is 0. The van der Waals surface area contributed by atoms with Crippen LogP contribution in [0.25, 0.3) is 0 Å². The van der Waals surface area contributed by atoms with E-state index in [0.717, 1.165) is 0 Å². The van der Waals surface area contributed by atoms with E-state index in [1.165, 1.54) is 22.3 Å². The van der Waals surface area contributed by atoms with Crippen molar-refractivity contribution >= 4 is 0 Å². The summed E-state index contributed by atoms with van der Waals surface area (Å²) in [6.45, 7) is 8.68. The van der Waals surface area contributed by atoms with Gasteiger partial charge in [-0.1, -0.05) is 24.6 Å². The summed E-state index contributed by atoms with van der Waals surface area (Å²) in [5.41, 5.74) is 5.37. The molecule has 0 radical (unpaired) electrons. The number of rotatable bonds is 1. The molecule has 0 N–H and O–H groups in total. The van der Waals surface area contributed by atoms with Crippen molar-refractivity contribution in [3.63, 3.8) is 0 Å². The van der Waals surface area contributed by atoms with Gasteiger partial charge in [0.2, 0.25) is 0 Å². The number of hydrogen-bond acceptors (Lipinski definition) is 1. The average Bonchev–Trinajstić information content (AvgIpc) is 2.50. The number of aryl methyl sites for hydroxylation is 3. The molecule has 0 saturated carbocycles. The topological polar surface area (TPSA) is 9.23 Å². The summed E-state index contributed by atoms with van der Waals surface area (Å²) >= 11 is 0. The van der Waals surface area contributed by atoms with Gasteiger partial charge < -0.3 is 4.74 Å². The van der Waals surface area contributed by atoms with Crippen molar-refractivity contribution in [1.82, 2.24) is 0 Å². The highest BCUT2D eigenvalue weighted by atomic mass is 16.5. The standard InChI is InChI=1S/C14H18O/c1-9-7-11(3)13(12(4)8-9)14-10(2)5-6-15-14/h5-8,10,14H,1-4H3/t10-,14+/m0/s1. The zero-order valence-electron chi connectivity index (χ0n) is 9.87. The largest absolute Gasteiger partial charge is 0.493 e. The molecule has 0 saturated heterocycles. The first-order chi connectivity index (χ1) is 7.09. The minimum absolute atomic E-state index is 0.214. The summed E-state index contributed by atoms with van der Waals surface area (Å²) < 4.78 is 5.67. The van der Waals surface area contributed by atoms with Crippen LogP contribution in [0.2, 0.25) is 0 Å². The van der Waals surface area contributed by atoms with E-state index in [4.69, 9.17) is 4.74 Å². The zero-order chi connectivity index (χ0) is 11.0. The number of benzene rings is 1. The molecule has 1 aliphatic heterocycles. The van der Waals surface area contributed by atoms with Crippen molar-refractivity contribution in [3.8, 4) is 0 Å². The second kappa shape index (κ2) is 3.73. The first-order valence-corrected chi connectivity index (χ1v) is 5.49. The van der Waals surface area contributed by atoms with Crippen LogP contribution in [0.1, 0.15) is 35.3 Å². The molecule has 1 heterocycles. The van der Waals surface area contributed by atoms with Crippen LogP contribution in [0.4, 0.5) is 0 Å². The van der Waals surface area contributed by atoms with Gasteiger partial charge in [0, 0.05) is 5.92 Å². The van der Waals surface area contributed by atoms with Crippen LogP contribution < -0.4 is 0 Å². The van der Waals surface area contributed by atoms with Gasteiger partial charge in [-0.05, 0) is 43.5 Å². The molecule has 0 fully saturated rings. The number of ether oxygens (including phenoxy) is 1. The second-order valence-corrected chi connectivity index (χ2v) is 4.56. The van der Waals surface area contributed by atoms with Gasteiger partial charge in [0.1, 0.15) is 6.10 Å². The van der Waals surface area contributed by atoms with Crippen LogP contribution in [0.3, 0.4) is 0 Å². The molecule has 2 atom stereocenters. The molecule has 0 bridgehead atoms. The third-order valence-electron chi connectivity index (χ3n) is 3.11. The van der Waals surface area contributed by atoms with Crippen molar-refractivity contribution in [1.29, 1.82) is 0 Å². The second-order valence-electron chi connectivity index (χ2n) is 4.56. The lowest BCUT2D eigenvalue weighted by atomic mass is 9.90. The van der Waals surface area contributed by atoms with Crippen molar-refractivity contribution in [2.45, 2.75) is 33.8 Å². The smallest absolute Gasteiger partial charge is 0.129 e. The third-order valence-corrected chi connectivity index (χ3v) is 3.11. The molecule has 0 aliphatic carbocycles. The molecule has 1 aromatic rings. The molecule has 1 aliphatic rings. The van der Waals surface area contributed by atoms with Gasteiger partial charge in [0.25, 0.3) is 0 Å². The maximum atomic E-state index is 5.67. The van der Waals surface area contributed by atoms with Gasteiger partial charge in [0.15, 0.2) is 0 Å². The Bertz CT molecular complexity index is 381. The van der Waals surface area contributed by atoms with Gasteiger partial charge in [-0.25, -0.2) is 0 Å². The summed E-state index contributed by atoms with van der Waals surface area (Å²) in [6.07, 6.45) is 4.17. The van der Waals surface area contributed by atoms with E-state index in [1.54, 1.807) is 0 Å². The van der Waals surface area contributed by atoms with E-state index in [9.17, 15) is 0 Å². The summed E-state index contributed by atoms with van der Waals surface area (Å²) in [5.74, 6) is 0.477. The summed E-state index contributed by atoms with van der Waals surface area (Å²) in [4.78, 5) is 0. The van der Waals surface area contributed by atoms with Gasteiger partial charge in [0.05, 0.1) is 6.26 Å². The predicted molar refractivity (Wildman–Crippen MR) is 62.8 cm³/mol. The fourth-order valence-electron chi connectivity index (χ4n) is 2.45. The first-order valence-electron chi connectivity index (χ1n) is 5.49. The van der Waals surface area contributed by atoms with Crippen molar-refractivity contribution in [2.24, 2.45) is 5.92 Å². The first kappa shape index (κ1) is 10.3. The fourth-order valence-corrected chi connectivity index (χ4v) is 2.45. The fraction of sp³-hybridized carbons (Fsp3) is 0.429. The monoisotopic (exact) mass is 202 g/mol. The summed E-state index contributed by atoms with van der Waals surface area (Å²) in [5, 5.41) is 0. The minimum atomic E-state index is 0.214. The highest BCUT2D eigenvalue weighted by Crippen LogP contribution is 2.36. The maximum Gasteiger partial charge on any atom is 0.129 e. The Morgan fingerprint density at radius 1 is 1.07 bits per heavy atom. The van der Waals surface area contributed by atoms with Crippen LogP contribution in [0.15, 0.2) is 24.5 Å². The van der Waals surface area contributed by atoms with Crippen LogP contribution in [0, 0.1) is 26.7 Å². The van der Waals surface area contributed by atoms with Gasteiger partial charge in [-0.15, -0.1) is 0 Å². The molecule has 0 aromatic heterocycles. The molecule has 15 heavy (non-hydrogen) atoms. The Balaban J connectivity index is 2.44. The molecule has 2 rings (SSSR count). The molecular formula is C14H18O. The van der Waals surface area contributed by atoms with E-state index in [-0.39, 0.29) is 6.10 Å². The Morgan fingerprint density at radius 2 is 1.67 bits per heavy atom. The third kappa shape index (κ3) is 1.79. The molecular weight excluding hydrogens is 184 g/mol. The van der Waals surface area contributed by atoms with Crippen molar-refractivity contribution in [2.75, 3.05) is 0 Å². The Morgan fingerprint density at radius 3 is 2.13 bits per heavy atom. The lowest BCUT2D eigenvalue weighted by Crippen LogP contribution is -2.08. The van der Waals surface area contributed by atoms with Crippen LogP contribution in [-0.2, 0) is 4.74 Å². The Labute approximate surface area is 91.8 Å². The Kier molecular flexibility index (Phi) is 2.56. The molecule has 1 nitrogen and oxygen atoms in total. The van der Waals surface area contributed by atoms with Crippen LogP contribution in [0.5, 0.6) is 0 Å². The summed E-state index contributed by atoms with van der Waals surface area (Å²) in [6, 6.07) is 4.47. The molecule has 0 amide bonds. The zero-order valence-corrected chi connectivity index (χ0v) is 9.87. The highest BCUT2D eigenvalue weighted by Gasteiger charge is 2.25. The normalized spacial score (nSPS) is 24.3. The van der Waals surface area contributed by atoms with E-state index in [1.807, 2.05) is 6.26 Å². The van der Waals surface area contributed by atoms with Gasteiger partial charge in [-0.2, -0.15) is 0 Å². The Hall–Kier alpha value is -1.24. The average molecular weight is 202 g/mol. The summed E-state index contributed by atoms with van der Waals surface area (Å²) in [7, 11) is 0. The molecule has 80 valence electrons. The van der Waals surface area contributed by atoms with E-state index in [2.05, 4.69) is 45.9 Å². The van der Waals surface area contributed by atoms with Crippen LogP contribution in [-0.4, -0.2) is 0 Å². The quantitative estimate of drug-likeness (QED) is 0.672. The van der Waals surface area contributed by atoms with Gasteiger partial charge >= 0.3 is 0 Å². The minimum Gasteiger partial charge on any atom is -0.493 e. The maximum absolute atomic E-state index is 5.67. The van der Waals surface area contributed by atoms with E-state index >= 15 is 0 Å². The van der Waals surface area contributed by atoms with Crippen molar-refractivity contribution < 1.29 is 4.74 Å². The molecule has 0 unspecified atom stereocenters. The molecule has 0 spiro atoms. The predicted octanol–water partition coefficient (Wildman–Crippen LogP) is 3.83. The highest BCUT2D eigenvalue weighted by molar-refractivity contribution is 5.40. The molecule has 1 aromatic carbocycles. The van der Waals surface area contributed by atoms with Crippen LogP contribution >= 0.6 is 0 Å². The van der Waals surface area contributed by atoms with E-state index < -0.39 is 0 Å². The van der Waals surface area contributed by atoms with E-state index in [0.29, 0.717) is 5.92 Å². The SMILES string of the molecule is Cc1cc(C)c([C@@H]2OC=C[C@@H]2C)c(C)c1. The van der Waals surface area contributed by atoms with Crippen molar-refractivity contribution in [3.05, 3.63) is 46.7 Å².